The lowest BCUT2D eigenvalue weighted by Gasteiger charge is -2.07. The summed E-state index contributed by atoms with van der Waals surface area (Å²) in [5.74, 6) is -1.41. The number of carboxylic acid groups (broad SMARTS) is 1. The Hall–Kier alpha value is -2.75. The molecule has 0 atom stereocenters. The van der Waals surface area contributed by atoms with Gasteiger partial charge in [-0.25, -0.2) is 9.18 Å². The van der Waals surface area contributed by atoms with Gasteiger partial charge in [0, 0.05) is 11.8 Å². The Morgan fingerprint density at radius 2 is 1.95 bits per heavy atom. The molecule has 0 saturated carbocycles. The van der Waals surface area contributed by atoms with Crippen LogP contribution in [0.1, 0.15) is 10.4 Å². The highest BCUT2D eigenvalue weighted by atomic mass is 19.1. The zero-order valence-corrected chi connectivity index (χ0v) is 10.4. The fourth-order valence-corrected chi connectivity index (χ4v) is 2.22. The van der Waals surface area contributed by atoms with E-state index in [-0.39, 0.29) is 5.56 Å². The lowest BCUT2D eigenvalue weighted by molar-refractivity contribution is 0.0697. The molecule has 0 radical (unpaired) electrons. The lowest BCUT2D eigenvalue weighted by atomic mass is 9.98. The van der Waals surface area contributed by atoms with Gasteiger partial charge in [0.15, 0.2) is 0 Å². The molecule has 3 nitrogen and oxygen atoms in total. The van der Waals surface area contributed by atoms with Crippen molar-refractivity contribution in [1.29, 1.82) is 0 Å². The van der Waals surface area contributed by atoms with Crippen molar-refractivity contribution in [2.45, 2.75) is 0 Å². The van der Waals surface area contributed by atoms with Gasteiger partial charge in [-0.1, -0.05) is 24.3 Å². The first-order valence-corrected chi connectivity index (χ1v) is 6.02. The van der Waals surface area contributed by atoms with E-state index < -0.39 is 11.8 Å². The van der Waals surface area contributed by atoms with Crippen LogP contribution in [0, 0.1) is 5.82 Å². The second-order valence-corrected chi connectivity index (χ2v) is 4.44. The van der Waals surface area contributed by atoms with Gasteiger partial charge < -0.3 is 5.11 Å². The minimum Gasteiger partial charge on any atom is -0.478 e. The normalized spacial score (nSPS) is 10.7. The summed E-state index contributed by atoms with van der Waals surface area (Å²) in [6.07, 6.45) is 2.70. The van der Waals surface area contributed by atoms with Crippen LogP contribution < -0.4 is 0 Å². The Morgan fingerprint density at radius 1 is 1.10 bits per heavy atom. The number of carbonyl (C=O) groups is 1. The van der Waals surface area contributed by atoms with Crippen LogP contribution in [0.25, 0.3) is 21.9 Å². The van der Waals surface area contributed by atoms with Crippen LogP contribution in [0.3, 0.4) is 0 Å². The average Bonchev–Trinajstić information content (AvgIpc) is 2.46. The third kappa shape index (κ3) is 2.12. The first-order chi connectivity index (χ1) is 9.65. The number of carboxylic acids is 1. The number of halogens is 1. The minimum atomic E-state index is -0.987. The van der Waals surface area contributed by atoms with E-state index in [1.807, 2.05) is 18.2 Å². The van der Waals surface area contributed by atoms with Crippen LogP contribution in [-0.2, 0) is 0 Å². The molecule has 1 heterocycles. The first-order valence-electron chi connectivity index (χ1n) is 6.02. The van der Waals surface area contributed by atoms with Gasteiger partial charge in [-0.15, -0.1) is 0 Å². The van der Waals surface area contributed by atoms with Gasteiger partial charge in [0.1, 0.15) is 5.82 Å². The van der Waals surface area contributed by atoms with Gasteiger partial charge in [0.25, 0.3) is 0 Å². The van der Waals surface area contributed by atoms with Crippen molar-refractivity contribution in [2.24, 2.45) is 0 Å². The average molecular weight is 267 g/mol. The highest BCUT2D eigenvalue weighted by Crippen LogP contribution is 2.29. The molecule has 3 rings (SSSR count). The Kier molecular flexibility index (Phi) is 2.91. The molecule has 0 aliphatic heterocycles. The molecule has 1 aromatic heterocycles. The highest BCUT2D eigenvalue weighted by molar-refractivity contribution is 6.01. The second-order valence-electron chi connectivity index (χ2n) is 4.44. The number of benzene rings is 2. The maximum Gasteiger partial charge on any atom is 0.335 e. The molecule has 20 heavy (non-hydrogen) atoms. The number of aromatic nitrogens is 1. The van der Waals surface area contributed by atoms with Crippen molar-refractivity contribution in [3.8, 4) is 11.1 Å². The fourth-order valence-electron chi connectivity index (χ4n) is 2.22. The smallest absolute Gasteiger partial charge is 0.335 e. The lowest BCUT2D eigenvalue weighted by Crippen LogP contribution is -1.95. The Labute approximate surface area is 114 Å². The molecule has 3 aromatic rings. The van der Waals surface area contributed by atoms with E-state index in [0.717, 1.165) is 22.5 Å². The van der Waals surface area contributed by atoms with Crippen molar-refractivity contribution in [3.63, 3.8) is 0 Å². The van der Waals surface area contributed by atoms with E-state index in [2.05, 4.69) is 4.98 Å². The van der Waals surface area contributed by atoms with Crippen molar-refractivity contribution < 1.29 is 14.3 Å². The van der Waals surface area contributed by atoms with E-state index in [1.54, 1.807) is 24.4 Å². The largest absolute Gasteiger partial charge is 0.478 e. The number of hydrogen-bond donors (Lipinski definition) is 1. The highest BCUT2D eigenvalue weighted by Gasteiger charge is 2.08. The molecule has 98 valence electrons. The molecular formula is C16H10FNO2. The summed E-state index contributed by atoms with van der Waals surface area (Å²) in [6, 6.07) is 11.8. The van der Waals surface area contributed by atoms with Gasteiger partial charge in [0.05, 0.1) is 11.8 Å². The van der Waals surface area contributed by atoms with Gasteiger partial charge in [-0.3, -0.25) is 4.98 Å². The monoisotopic (exact) mass is 267 g/mol. The van der Waals surface area contributed by atoms with Crippen LogP contribution in [0.15, 0.2) is 54.9 Å². The number of hydrogen-bond acceptors (Lipinski definition) is 2. The summed E-state index contributed by atoms with van der Waals surface area (Å²) in [6.45, 7) is 0. The van der Waals surface area contributed by atoms with Gasteiger partial charge >= 0.3 is 5.97 Å². The SMILES string of the molecule is O=C(O)c1ccc2cccc(-c3cncc(F)c3)c2c1. The minimum absolute atomic E-state index is 0.203. The second kappa shape index (κ2) is 4.74. The number of nitrogens with zero attached hydrogens (tertiary/aromatic N) is 1. The number of fused-ring (bicyclic) bond motifs is 1. The quantitative estimate of drug-likeness (QED) is 0.769. The summed E-state index contributed by atoms with van der Waals surface area (Å²) in [7, 11) is 0. The summed E-state index contributed by atoms with van der Waals surface area (Å²) >= 11 is 0. The van der Waals surface area contributed by atoms with Crippen LogP contribution in [0.2, 0.25) is 0 Å². The molecule has 0 unspecified atom stereocenters. The van der Waals surface area contributed by atoms with E-state index >= 15 is 0 Å². The fraction of sp³-hybridized carbons (Fsp3) is 0. The Bertz CT molecular complexity index is 814. The molecule has 0 aliphatic rings. The topological polar surface area (TPSA) is 50.2 Å². The van der Waals surface area contributed by atoms with Gasteiger partial charge in [-0.2, -0.15) is 0 Å². The molecule has 1 N–H and O–H groups in total. The molecular weight excluding hydrogens is 257 g/mol. The van der Waals surface area contributed by atoms with Crippen LogP contribution in [0.5, 0.6) is 0 Å². The molecule has 2 aromatic carbocycles. The van der Waals surface area contributed by atoms with Crippen molar-refractivity contribution in [1.82, 2.24) is 4.98 Å². The van der Waals surface area contributed by atoms with Crippen LogP contribution in [0.4, 0.5) is 4.39 Å². The molecule has 0 saturated heterocycles. The molecule has 0 fully saturated rings. The molecule has 4 heteroatoms. The molecule has 0 bridgehead atoms. The predicted octanol–water partition coefficient (Wildman–Crippen LogP) is 3.74. The zero-order chi connectivity index (χ0) is 14.1. The molecule has 0 amide bonds. The standard InChI is InChI=1S/C16H10FNO2/c17-13-6-12(8-18-9-13)14-3-1-2-10-4-5-11(16(19)20)7-15(10)14/h1-9H,(H,19,20). The van der Waals surface area contributed by atoms with E-state index in [4.69, 9.17) is 5.11 Å². The van der Waals surface area contributed by atoms with E-state index in [0.29, 0.717) is 5.56 Å². The van der Waals surface area contributed by atoms with Crippen molar-refractivity contribution in [3.05, 3.63) is 66.2 Å². The summed E-state index contributed by atoms with van der Waals surface area (Å²) < 4.78 is 13.3. The number of pyridine rings is 1. The predicted molar refractivity (Wildman–Crippen MR) is 74.1 cm³/mol. The van der Waals surface area contributed by atoms with Gasteiger partial charge in [-0.05, 0) is 34.5 Å². The van der Waals surface area contributed by atoms with Crippen LogP contribution in [-0.4, -0.2) is 16.1 Å². The number of aromatic carboxylic acids is 1. The summed E-state index contributed by atoms with van der Waals surface area (Å²) in [5.41, 5.74) is 1.59. The Morgan fingerprint density at radius 3 is 2.70 bits per heavy atom. The number of rotatable bonds is 2. The summed E-state index contributed by atoms with van der Waals surface area (Å²) in [5, 5.41) is 10.7. The molecule has 0 spiro atoms. The maximum absolute atomic E-state index is 13.3. The van der Waals surface area contributed by atoms with Crippen molar-refractivity contribution in [2.75, 3.05) is 0 Å². The maximum atomic E-state index is 13.3. The van der Waals surface area contributed by atoms with Crippen molar-refractivity contribution >= 4 is 16.7 Å². The molecule has 0 aliphatic carbocycles. The van der Waals surface area contributed by atoms with E-state index in [1.165, 1.54) is 6.07 Å². The zero-order valence-electron chi connectivity index (χ0n) is 10.4. The third-order valence-corrected chi connectivity index (χ3v) is 3.14. The van der Waals surface area contributed by atoms with Crippen LogP contribution >= 0.6 is 0 Å². The Balaban J connectivity index is 2.29. The summed E-state index contributed by atoms with van der Waals surface area (Å²) in [4.78, 5) is 14.9. The van der Waals surface area contributed by atoms with E-state index in [9.17, 15) is 9.18 Å². The third-order valence-electron chi connectivity index (χ3n) is 3.14. The first kappa shape index (κ1) is 12.3. The van der Waals surface area contributed by atoms with Gasteiger partial charge in [0.2, 0.25) is 0 Å².